The summed E-state index contributed by atoms with van der Waals surface area (Å²) in [6.45, 7) is 8.39. The summed E-state index contributed by atoms with van der Waals surface area (Å²) in [4.78, 5) is 17.0. The molecule has 0 N–H and O–H groups in total. The molecule has 156 valence electrons. The molecule has 1 aliphatic rings. The van der Waals surface area contributed by atoms with Crippen molar-refractivity contribution in [3.05, 3.63) is 88.5 Å². The summed E-state index contributed by atoms with van der Waals surface area (Å²) in [5.41, 5.74) is 4.94. The molecule has 0 spiro atoms. The summed E-state index contributed by atoms with van der Waals surface area (Å²) in [5, 5.41) is 4.49. The maximum atomic E-state index is 13.4. The number of rotatable bonds is 5. The van der Waals surface area contributed by atoms with Gasteiger partial charge in [-0.15, -0.1) is 0 Å². The van der Waals surface area contributed by atoms with E-state index in [4.69, 9.17) is 0 Å². The number of aryl methyl sites for hydroxylation is 2. The number of carbonyl (C=O) groups excluding carboxylic acids is 1. The molecule has 1 aliphatic heterocycles. The number of benzene rings is 2. The predicted molar refractivity (Wildman–Crippen MR) is 115 cm³/mol. The fourth-order valence-corrected chi connectivity index (χ4v) is 3.95. The van der Waals surface area contributed by atoms with E-state index in [-0.39, 0.29) is 11.7 Å². The molecule has 3 aromatic rings. The van der Waals surface area contributed by atoms with E-state index in [1.807, 2.05) is 53.8 Å². The number of amides is 1. The largest absolute Gasteiger partial charge is 0.336 e. The molecule has 0 aliphatic carbocycles. The highest BCUT2D eigenvalue weighted by Crippen LogP contribution is 2.14. The van der Waals surface area contributed by atoms with Crippen LogP contribution in [0.4, 0.5) is 4.39 Å². The quantitative estimate of drug-likeness (QED) is 0.650. The van der Waals surface area contributed by atoms with Crippen LogP contribution >= 0.6 is 0 Å². The lowest BCUT2D eigenvalue weighted by molar-refractivity contribution is 0.0628. The lowest BCUT2D eigenvalue weighted by Crippen LogP contribution is -2.48. The van der Waals surface area contributed by atoms with Gasteiger partial charge in [-0.05, 0) is 55.3 Å². The van der Waals surface area contributed by atoms with Gasteiger partial charge >= 0.3 is 0 Å². The third-order valence-corrected chi connectivity index (χ3v) is 5.59. The number of carbonyl (C=O) groups is 1. The summed E-state index contributed by atoms with van der Waals surface area (Å²) in [7, 11) is 0. The molecular weight excluding hydrogens is 379 g/mol. The second-order valence-corrected chi connectivity index (χ2v) is 7.98. The van der Waals surface area contributed by atoms with Crippen LogP contribution in [0.1, 0.15) is 32.9 Å². The van der Waals surface area contributed by atoms with Crippen LogP contribution in [0.2, 0.25) is 0 Å². The Kier molecular flexibility index (Phi) is 5.95. The van der Waals surface area contributed by atoms with Crippen LogP contribution in [-0.4, -0.2) is 51.7 Å². The van der Waals surface area contributed by atoms with Gasteiger partial charge in [0, 0.05) is 44.0 Å². The standard InChI is InChI=1S/C24H27FN4O/c1-18-14-19(2)29(26-18)17-20-6-8-22(9-7-20)24(30)28-12-10-27(11-13-28)16-21-4-3-5-23(25)15-21/h3-9,14-15H,10-13,16-17H2,1-2H3. The Labute approximate surface area is 176 Å². The van der Waals surface area contributed by atoms with Crippen LogP contribution in [0.25, 0.3) is 0 Å². The van der Waals surface area contributed by atoms with E-state index in [0.717, 1.165) is 35.6 Å². The van der Waals surface area contributed by atoms with Gasteiger partial charge in [0.1, 0.15) is 5.82 Å². The van der Waals surface area contributed by atoms with Crippen molar-refractivity contribution in [1.82, 2.24) is 19.6 Å². The van der Waals surface area contributed by atoms with Gasteiger partial charge in [-0.25, -0.2) is 4.39 Å². The summed E-state index contributed by atoms with van der Waals surface area (Å²) >= 11 is 0. The molecule has 6 heteroatoms. The average Bonchev–Trinajstić information content (AvgIpc) is 3.05. The normalized spacial score (nSPS) is 14.8. The highest BCUT2D eigenvalue weighted by Gasteiger charge is 2.22. The van der Waals surface area contributed by atoms with Gasteiger partial charge in [0.05, 0.1) is 12.2 Å². The second kappa shape index (κ2) is 8.79. The van der Waals surface area contributed by atoms with Crippen LogP contribution in [0.3, 0.4) is 0 Å². The van der Waals surface area contributed by atoms with Crippen molar-refractivity contribution in [2.24, 2.45) is 0 Å². The summed E-state index contributed by atoms with van der Waals surface area (Å²) in [6.07, 6.45) is 0. The second-order valence-electron chi connectivity index (χ2n) is 7.98. The van der Waals surface area contributed by atoms with Crippen molar-refractivity contribution < 1.29 is 9.18 Å². The van der Waals surface area contributed by atoms with Gasteiger partial charge in [-0.2, -0.15) is 5.10 Å². The van der Waals surface area contributed by atoms with Crippen LogP contribution < -0.4 is 0 Å². The molecular formula is C24H27FN4O. The molecule has 2 aromatic carbocycles. The van der Waals surface area contributed by atoms with E-state index in [1.54, 1.807) is 12.1 Å². The van der Waals surface area contributed by atoms with Gasteiger partial charge in [0.25, 0.3) is 5.91 Å². The Morgan fingerprint density at radius 2 is 1.67 bits per heavy atom. The fourth-order valence-electron chi connectivity index (χ4n) is 3.95. The predicted octanol–water partition coefficient (Wildman–Crippen LogP) is 3.65. The molecule has 2 heterocycles. The Morgan fingerprint density at radius 3 is 2.30 bits per heavy atom. The zero-order valence-electron chi connectivity index (χ0n) is 17.5. The van der Waals surface area contributed by atoms with E-state index in [1.165, 1.54) is 6.07 Å². The Balaban J connectivity index is 1.32. The highest BCUT2D eigenvalue weighted by atomic mass is 19.1. The maximum Gasteiger partial charge on any atom is 0.253 e. The fraction of sp³-hybridized carbons (Fsp3) is 0.333. The van der Waals surface area contributed by atoms with Crippen LogP contribution in [0, 0.1) is 19.7 Å². The lowest BCUT2D eigenvalue weighted by atomic mass is 10.1. The molecule has 0 bridgehead atoms. The third kappa shape index (κ3) is 4.76. The van der Waals surface area contributed by atoms with Gasteiger partial charge < -0.3 is 4.90 Å². The van der Waals surface area contributed by atoms with Gasteiger partial charge in [-0.1, -0.05) is 24.3 Å². The SMILES string of the molecule is Cc1cc(C)n(Cc2ccc(C(=O)N3CCN(Cc4cccc(F)c4)CC3)cc2)n1. The molecule has 0 radical (unpaired) electrons. The molecule has 0 unspecified atom stereocenters. The first kappa shape index (κ1) is 20.3. The van der Waals surface area contributed by atoms with Crippen LogP contribution in [0.15, 0.2) is 54.6 Å². The number of piperazine rings is 1. The van der Waals surface area contributed by atoms with Crippen molar-refractivity contribution in [2.75, 3.05) is 26.2 Å². The minimum atomic E-state index is -0.206. The molecule has 1 saturated heterocycles. The molecule has 30 heavy (non-hydrogen) atoms. The van der Waals surface area contributed by atoms with E-state index < -0.39 is 0 Å². The zero-order chi connectivity index (χ0) is 21.1. The minimum Gasteiger partial charge on any atom is -0.336 e. The first-order valence-electron chi connectivity index (χ1n) is 10.3. The minimum absolute atomic E-state index is 0.0677. The molecule has 4 rings (SSSR count). The highest BCUT2D eigenvalue weighted by molar-refractivity contribution is 5.94. The van der Waals surface area contributed by atoms with Gasteiger partial charge in [0.15, 0.2) is 0 Å². The van der Waals surface area contributed by atoms with E-state index in [9.17, 15) is 9.18 Å². The van der Waals surface area contributed by atoms with Crippen molar-refractivity contribution in [3.63, 3.8) is 0 Å². The zero-order valence-corrected chi connectivity index (χ0v) is 17.5. The van der Waals surface area contributed by atoms with Crippen molar-refractivity contribution in [3.8, 4) is 0 Å². The lowest BCUT2D eigenvalue weighted by Gasteiger charge is -2.34. The molecule has 0 saturated carbocycles. The van der Waals surface area contributed by atoms with E-state index in [2.05, 4.69) is 16.1 Å². The average molecular weight is 407 g/mol. The van der Waals surface area contributed by atoms with Gasteiger partial charge in [-0.3, -0.25) is 14.4 Å². The Hall–Kier alpha value is -2.99. The monoisotopic (exact) mass is 406 g/mol. The van der Waals surface area contributed by atoms with Crippen molar-refractivity contribution in [2.45, 2.75) is 26.9 Å². The third-order valence-electron chi connectivity index (χ3n) is 5.59. The molecule has 1 aromatic heterocycles. The maximum absolute atomic E-state index is 13.4. The first-order valence-corrected chi connectivity index (χ1v) is 10.3. The molecule has 1 amide bonds. The van der Waals surface area contributed by atoms with E-state index >= 15 is 0 Å². The molecule has 1 fully saturated rings. The summed E-state index contributed by atoms with van der Waals surface area (Å²) in [6, 6.07) is 16.6. The first-order chi connectivity index (χ1) is 14.5. The summed E-state index contributed by atoms with van der Waals surface area (Å²) in [5.74, 6) is -0.138. The summed E-state index contributed by atoms with van der Waals surface area (Å²) < 4.78 is 15.3. The van der Waals surface area contributed by atoms with Crippen molar-refractivity contribution >= 4 is 5.91 Å². The van der Waals surface area contributed by atoms with Crippen LogP contribution in [-0.2, 0) is 13.1 Å². The number of aromatic nitrogens is 2. The number of nitrogens with zero attached hydrogens (tertiary/aromatic N) is 4. The smallest absolute Gasteiger partial charge is 0.253 e. The van der Waals surface area contributed by atoms with Gasteiger partial charge in [0.2, 0.25) is 0 Å². The number of hydrogen-bond acceptors (Lipinski definition) is 3. The number of halogens is 1. The number of hydrogen-bond donors (Lipinski definition) is 0. The Bertz CT molecular complexity index is 1020. The van der Waals surface area contributed by atoms with E-state index in [0.29, 0.717) is 31.7 Å². The van der Waals surface area contributed by atoms with Crippen LogP contribution in [0.5, 0.6) is 0 Å². The van der Waals surface area contributed by atoms with Crippen molar-refractivity contribution in [1.29, 1.82) is 0 Å². The topological polar surface area (TPSA) is 41.4 Å². The molecule has 5 nitrogen and oxygen atoms in total. The Morgan fingerprint density at radius 1 is 0.933 bits per heavy atom. The molecule has 0 atom stereocenters.